The zero-order valence-corrected chi connectivity index (χ0v) is 10.8. The highest BCUT2D eigenvalue weighted by Crippen LogP contribution is 2.47. The number of hydrogen-bond donors (Lipinski definition) is 1. The standard InChI is InChI=1S/C13H13ClNOP/c14-13(15)17(16,11-7-3-1-4-8-11)12-9-5-2-6-10-12/h1-10,13H,15H2. The lowest BCUT2D eigenvalue weighted by atomic mass is 10.4. The Balaban J connectivity index is 2.60. The highest BCUT2D eigenvalue weighted by atomic mass is 35.5. The van der Waals surface area contributed by atoms with Crippen molar-refractivity contribution >= 4 is 29.4 Å². The lowest BCUT2D eigenvalue weighted by molar-refractivity contribution is 0.585. The van der Waals surface area contributed by atoms with E-state index in [0.717, 1.165) is 0 Å². The van der Waals surface area contributed by atoms with Gasteiger partial charge in [-0.3, -0.25) is 0 Å². The molecule has 2 aromatic carbocycles. The topological polar surface area (TPSA) is 43.1 Å². The second kappa shape index (κ2) is 5.05. The molecule has 0 fully saturated rings. The summed E-state index contributed by atoms with van der Waals surface area (Å²) in [6.07, 6.45) is 0. The maximum atomic E-state index is 13.1. The van der Waals surface area contributed by atoms with E-state index in [9.17, 15) is 4.57 Å². The number of hydrogen-bond acceptors (Lipinski definition) is 2. The van der Waals surface area contributed by atoms with E-state index in [1.54, 1.807) is 24.3 Å². The Labute approximate surface area is 106 Å². The molecule has 0 heterocycles. The SMILES string of the molecule is NC(Cl)P(=O)(c1ccccc1)c1ccccc1. The molecule has 0 bridgehead atoms. The van der Waals surface area contributed by atoms with Crippen LogP contribution in [-0.2, 0) is 4.57 Å². The summed E-state index contributed by atoms with van der Waals surface area (Å²) in [5.74, 6) is 0. The molecule has 2 rings (SSSR count). The van der Waals surface area contributed by atoms with Crippen molar-refractivity contribution in [3.8, 4) is 0 Å². The smallest absolute Gasteiger partial charge is 0.173 e. The monoisotopic (exact) mass is 265 g/mol. The molecule has 4 heteroatoms. The van der Waals surface area contributed by atoms with E-state index in [-0.39, 0.29) is 0 Å². The summed E-state index contributed by atoms with van der Waals surface area (Å²) in [5, 5.41) is 0.467. The Hall–Kier alpha value is -1.08. The van der Waals surface area contributed by atoms with E-state index >= 15 is 0 Å². The summed E-state index contributed by atoms with van der Waals surface area (Å²) in [4.78, 5) is 0. The van der Waals surface area contributed by atoms with Gasteiger partial charge in [0.05, 0.1) is 0 Å². The van der Waals surface area contributed by atoms with Crippen LogP contribution in [0.1, 0.15) is 0 Å². The van der Waals surface area contributed by atoms with Gasteiger partial charge in [-0.25, -0.2) is 0 Å². The van der Waals surface area contributed by atoms with Gasteiger partial charge in [-0.05, 0) is 0 Å². The molecule has 0 amide bonds. The van der Waals surface area contributed by atoms with Crippen molar-refractivity contribution in [2.24, 2.45) is 5.73 Å². The third-order valence-electron chi connectivity index (χ3n) is 2.63. The van der Waals surface area contributed by atoms with Crippen LogP contribution < -0.4 is 16.3 Å². The second-order valence-corrected chi connectivity index (χ2v) is 7.38. The second-order valence-electron chi connectivity index (χ2n) is 3.70. The third-order valence-corrected chi connectivity index (χ3v) is 6.28. The Kier molecular flexibility index (Phi) is 3.68. The molecule has 2 N–H and O–H groups in total. The van der Waals surface area contributed by atoms with Crippen LogP contribution in [0.25, 0.3) is 0 Å². The Morgan fingerprint density at radius 1 is 0.882 bits per heavy atom. The minimum Gasteiger partial charge on any atom is -0.311 e. The maximum absolute atomic E-state index is 13.1. The van der Waals surface area contributed by atoms with Crippen molar-refractivity contribution in [1.29, 1.82) is 0 Å². The first-order chi connectivity index (χ1) is 8.15. The van der Waals surface area contributed by atoms with Crippen LogP contribution in [-0.4, -0.2) is 5.24 Å². The predicted molar refractivity (Wildman–Crippen MR) is 73.6 cm³/mol. The summed E-state index contributed by atoms with van der Waals surface area (Å²) >= 11 is 5.97. The van der Waals surface area contributed by atoms with Gasteiger partial charge in [0, 0.05) is 10.6 Å². The molecule has 0 aliphatic carbocycles. The van der Waals surface area contributed by atoms with E-state index < -0.39 is 12.4 Å². The van der Waals surface area contributed by atoms with Crippen molar-refractivity contribution in [1.82, 2.24) is 0 Å². The van der Waals surface area contributed by atoms with Crippen LogP contribution in [0, 0.1) is 0 Å². The van der Waals surface area contributed by atoms with Gasteiger partial charge >= 0.3 is 0 Å². The molecule has 0 spiro atoms. The van der Waals surface area contributed by atoms with Gasteiger partial charge in [0.25, 0.3) is 0 Å². The molecule has 1 unspecified atom stereocenters. The number of nitrogens with two attached hydrogens (primary N) is 1. The molecular formula is C13H13ClNOP. The van der Waals surface area contributed by atoms with Crippen molar-refractivity contribution in [2.75, 3.05) is 0 Å². The molecule has 0 aromatic heterocycles. The quantitative estimate of drug-likeness (QED) is 0.526. The first-order valence-corrected chi connectivity index (χ1v) is 7.47. The van der Waals surface area contributed by atoms with Crippen molar-refractivity contribution < 1.29 is 4.57 Å². The lowest BCUT2D eigenvalue weighted by Gasteiger charge is -2.21. The first-order valence-electron chi connectivity index (χ1n) is 5.26. The summed E-state index contributed by atoms with van der Waals surface area (Å²) in [5.41, 5.74) is 5.74. The molecule has 2 aromatic rings. The summed E-state index contributed by atoms with van der Waals surface area (Å²) in [6.45, 7) is 0. The fourth-order valence-corrected chi connectivity index (χ4v) is 4.51. The van der Waals surface area contributed by atoms with Crippen molar-refractivity contribution in [3.05, 3.63) is 60.7 Å². The van der Waals surface area contributed by atoms with Gasteiger partial charge in [-0.1, -0.05) is 72.3 Å². The Morgan fingerprint density at radius 2 is 1.24 bits per heavy atom. The molecule has 0 radical (unpaired) electrons. The van der Waals surface area contributed by atoms with Gasteiger partial charge in [0.2, 0.25) is 0 Å². The van der Waals surface area contributed by atoms with Crippen LogP contribution in [0.15, 0.2) is 60.7 Å². The number of benzene rings is 2. The molecule has 0 saturated carbocycles. The number of alkyl halides is 1. The average Bonchev–Trinajstić information content (AvgIpc) is 2.39. The largest absolute Gasteiger partial charge is 0.311 e. The normalized spacial score (nSPS) is 13.3. The van der Waals surface area contributed by atoms with Gasteiger partial charge in [0.1, 0.15) is 5.24 Å². The van der Waals surface area contributed by atoms with Crippen LogP contribution in [0.4, 0.5) is 0 Å². The van der Waals surface area contributed by atoms with E-state index in [4.69, 9.17) is 17.3 Å². The molecule has 0 saturated heterocycles. The van der Waals surface area contributed by atoms with E-state index in [2.05, 4.69) is 0 Å². The fourth-order valence-electron chi connectivity index (χ4n) is 1.73. The van der Waals surface area contributed by atoms with E-state index in [1.807, 2.05) is 36.4 Å². The number of halogens is 1. The number of rotatable bonds is 3. The minimum atomic E-state index is -2.95. The summed E-state index contributed by atoms with van der Waals surface area (Å²) in [6, 6.07) is 18.3. The van der Waals surface area contributed by atoms with Crippen LogP contribution >= 0.6 is 18.7 Å². The Morgan fingerprint density at radius 3 is 1.53 bits per heavy atom. The molecule has 88 valence electrons. The summed E-state index contributed by atoms with van der Waals surface area (Å²) in [7, 11) is -2.95. The lowest BCUT2D eigenvalue weighted by Crippen LogP contribution is -2.27. The first kappa shape index (κ1) is 12.4. The van der Waals surface area contributed by atoms with Crippen LogP contribution in [0.3, 0.4) is 0 Å². The van der Waals surface area contributed by atoms with Gasteiger partial charge in [-0.2, -0.15) is 0 Å². The molecule has 0 aliphatic heterocycles. The maximum Gasteiger partial charge on any atom is 0.173 e. The zero-order valence-electron chi connectivity index (χ0n) is 9.16. The van der Waals surface area contributed by atoms with Gasteiger partial charge < -0.3 is 10.3 Å². The molecular weight excluding hydrogens is 253 g/mol. The highest BCUT2D eigenvalue weighted by Gasteiger charge is 2.32. The third kappa shape index (κ3) is 2.30. The molecule has 17 heavy (non-hydrogen) atoms. The zero-order chi connectivity index (χ0) is 12.3. The van der Waals surface area contributed by atoms with Crippen LogP contribution in [0.2, 0.25) is 0 Å². The summed E-state index contributed by atoms with van der Waals surface area (Å²) < 4.78 is 13.1. The van der Waals surface area contributed by atoms with E-state index in [1.165, 1.54) is 0 Å². The van der Waals surface area contributed by atoms with Crippen molar-refractivity contribution in [3.63, 3.8) is 0 Å². The average molecular weight is 266 g/mol. The minimum absolute atomic E-state index is 0.689. The fraction of sp³-hybridized carbons (Fsp3) is 0.0769. The van der Waals surface area contributed by atoms with Crippen molar-refractivity contribution in [2.45, 2.75) is 5.24 Å². The molecule has 0 aliphatic rings. The molecule has 2 nitrogen and oxygen atoms in total. The highest BCUT2D eigenvalue weighted by molar-refractivity contribution is 7.80. The van der Waals surface area contributed by atoms with Gasteiger partial charge in [0.15, 0.2) is 7.14 Å². The predicted octanol–water partition coefficient (Wildman–Crippen LogP) is 2.48. The Bertz CT molecular complexity index is 484. The van der Waals surface area contributed by atoms with Gasteiger partial charge in [-0.15, -0.1) is 0 Å². The van der Waals surface area contributed by atoms with E-state index in [0.29, 0.717) is 10.6 Å². The van der Waals surface area contributed by atoms with Crippen LogP contribution in [0.5, 0.6) is 0 Å². The molecule has 1 atom stereocenters.